The fraction of sp³-hybridized carbons (Fsp3) is 0.250. The molecule has 1 unspecified atom stereocenters. The molecule has 0 bridgehead atoms. The Labute approximate surface area is 164 Å². The summed E-state index contributed by atoms with van der Waals surface area (Å²) in [4.78, 5) is 16.4. The van der Waals surface area contributed by atoms with Gasteiger partial charge < -0.3 is 0 Å². The summed E-state index contributed by atoms with van der Waals surface area (Å²) >= 11 is 18.1. The van der Waals surface area contributed by atoms with Gasteiger partial charge in [0.15, 0.2) is 0 Å². The number of hydrogen-bond donors (Lipinski definition) is 1. The molecule has 0 fully saturated rings. The molecule has 26 heavy (non-hydrogen) atoms. The van der Waals surface area contributed by atoms with Crippen LogP contribution in [-0.2, 0) is 17.9 Å². The minimum absolute atomic E-state index is 0.212. The average molecular weight is 414 g/mol. The van der Waals surface area contributed by atoms with Crippen LogP contribution in [0.5, 0.6) is 0 Å². The maximum Gasteiger partial charge on any atom is 0.248 e. The third-order valence-electron chi connectivity index (χ3n) is 3.66. The Hall–Kier alpha value is -2.09. The topological polar surface area (TPSA) is 77.6 Å². The Morgan fingerprint density at radius 2 is 1.96 bits per heavy atom. The second-order valence-electron chi connectivity index (χ2n) is 5.74. The summed E-state index contributed by atoms with van der Waals surface area (Å²) in [6.45, 7) is 2.53. The maximum absolute atomic E-state index is 12.3. The molecule has 0 saturated carbocycles. The molecule has 2 heterocycles. The van der Waals surface area contributed by atoms with E-state index in [1.807, 2.05) is 0 Å². The van der Waals surface area contributed by atoms with Crippen molar-refractivity contribution in [2.24, 2.45) is 5.92 Å². The number of benzene rings is 1. The molecule has 3 aromatic rings. The van der Waals surface area contributed by atoms with Crippen LogP contribution in [0.4, 0.5) is 5.95 Å². The van der Waals surface area contributed by atoms with Gasteiger partial charge in [0.2, 0.25) is 11.9 Å². The van der Waals surface area contributed by atoms with Gasteiger partial charge >= 0.3 is 0 Å². The van der Waals surface area contributed by atoms with Gasteiger partial charge in [0.05, 0.1) is 30.2 Å². The highest BCUT2D eigenvalue weighted by molar-refractivity contribution is 6.36. The Morgan fingerprint density at radius 3 is 2.62 bits per heavy atom. The van der Waals surface area contributed by atoms with Crippen molar-refractivity contribution in [1.29, 1.82) is 0 Å². The van der Waals surface area contributed by atoms with Gasteiger partial charge in [-0.3, -0.25) is 14.8 Å². The average Bonchev–Trinajstić information content (AvgIpc) is 3.20. The molecular weight excluding hydrogens is 399 g/mol. The van der Waals surface area contributed by atoms with E-state index < -0.39 is 0 Å². The summed E-state index contributed by atoms with van der Waals surface area (Å²) in [6, 6.07) is 5.28. The van der Waals surface area contributed by atoms with Gasteiger partial charge in [0.25, 0.3) is 0 Å². The Morgan fingerprint density at radius 1 is 1.23 bits per heavy atom. The van der Waals surface area contributed by atoms with E-state index in [0.717, 1.165) is 5.56 Å². The Bertz CT molecular complexity index is 902. The first-order valence-electron chi connectivity index (χ1n) is 7.73. The zero-order valence-electron chi connectivity index (χ0n) is 13.7. The lowest BCUT2D eigenvalue weighted by molar-refractivity contribution is -0.119. The van der Waals surface area contributed by atoms with E-state index in [9.17, 15) is 4.79 Å². The zero-order valence-corrected chi connectivity index (χ0v) is 16.0. The van der Waals surface area contributed by atoms with E-state index in [0.29, 0.717) is 28.2 Å². The number of aromatic nitrogens is 5. The summed E-state index contributed by atoms with van der Waals surface area (Å²) < 4.78 is 3.17. The molecular formula is C16H15Cl3N6O. The summed E-state index contributed by atoms with van der Waals surface area (Å²) in [6.07, 6.45) is 4.69. The van der Waals surface area contributed by atoms with Gasteiger partial charge in [0, 0.05) is 21.8 Å². The van der Waals surface area contributed by atoms with Crippen LogP contribution in [0.3, 0.4) is 0 Å². The lowest BCUT2D eigenvalue weighted by atomic mass is 10.1. The number of halogens is 3. The number of rotatable bonds is 6. The largest absolute Gasteiger partial charge is 0.293 e. The van der Waals surface area contributed by atoms with Crippen molar-refractivity contribution >= 4 is 46.7 Å². The Balaban J connectivity index is 1.61. The first-order chi connectivity index (χ1) is 12.4. The molecule has 0 saturated heterocycles. The first-order valence-corrected chi connectivity index (χ1v) is 8.87. The number of carbonyl (C=O) groups is 1. The van der Waals surface area contributed by atoms with Crippen LogP contribution < -0.4 is 5.32 Å². The molecule has 7 nitrogen and oxygen atoms in total. The van der Waals surface area contributed by atoms with Crippen LogP contribution in [0, 0.1) is 5.92 Å². The second-order valence-corrected chi connectivity index (χ2v) is 6.99. The summed E-state index contributed by atoms with van der Waals surface area (Å²) in [7, 11) is 0. The van der Waals surface area contributed by atoms with Crippen LogP contribution in [0.15, 0.2) is 36.9 Å². The molecule has 3 rings (SSSR count). The van der Waals surface area contributed by atoms with Crippen LogP contribution in [0.2, 0.25) is 15.1 Å². The number of nitrogens with zero attached hydrogens (tertiary/aromatic N) is 5. The third-order valence-corrected chi connectivity index (χ3v) is 4.57. The molecule has 10 heteroatoms. The minimum Gasteiger partial charge on any atom is -0.293 e. The lowest BCUT2D eigenvalue weighted by Gasteiger charge is -2.10. The van der Waals surface area contributed by atoms with Crippen molar-refractivity contribution < 1.29 is 4.79 Å². The molecule has 1 amide bonds. The van der Waals surface area contributed by atoms with Crippen molar-refractivity contribution in [2.45, 2.75) is 20.0 Å². The number of amides is 1. The third kappa shape index (κ3) is 4.55. The molecule has 0 aliphatic rings. The van der Waals surface area contributed by atoms with Gasteiger partial charge in [-0.15, -0.1) is 5.10 Å². The molecule has 0 radical (unpaired) electrons. The van der Waals surface area contributed by atoms with E-state index >= 15 is 0 Å². The maximum atomic E-state index is 12.3. The number of anilines is 1. The van der Waals surface area contributed by atoms with Gasteiger partial charge in [-0.05, 0) is 12.1 Å². The summed E-state index contributed by atoms with van der Waals surface area (Å²) in [5, 5.41) is 12.6. The van der Waals surface area contributed by atoms with Crippen molar-refractivity contribution in [2.75, 3.05) is 5.32 Å². The van der Waals surface area contributed by atoms with Gasteiger partial charge in [0.1, 0.15) is 6.33 Å². The van der Waals surface area contributed by atoms with Crippen molar-refractivity contribution in [3.05, 3.63) is 57.6 Å². The van der Waals surface area contributed by atoms with Crippen LogP contribution in [-0.4, -0.2) is 30.5 Å². The SMILES string of the molecule is CC(Cn1cc(Cl)cn1)C(=O)Nc1ncn(Cc2c(Cl)cccc2Cl)n1. The molecule has 0 aliphatic carbocycles. The van der Waals surface area contributed by atoms with E-state index in [2.05, 4.69) is 20.5 Å². The predicted molar refractivity (Wildman–Crippen MR) is 101 cm³/mol. The quantitative estimate of drug-likeness (QED) is 0.667. The molecule has 2 aromatic heterocycles. The van der Waals surface area contributed by atoms with Crippen LogP contribution in [0.25, 0.3) is 0 Å². The predicted octanol–water partition coefficient (Wildman–Crippen LogP) is 3.76. The van der Waals surface area contributed by atoms with Crippen molar-refractivity contribution in [3.8, 4) is 0 Å². The fourth-order valence-electron chi connectivity index (χ4n) is 2.31. The van der Waals surface area contributed by atoms with Crippen LogP contribution in [0.1, 0.15) is 12.5 Å². The number of nitrogens with one attached hydrogen (secondary N) is 1. The molecule has 1 atom stereocenters. The molecule has 136 valence electrons. The molecule has 0 spiro atoms. The smallest absolute Gasteiger partial charge is 0.248 e. The highest BCUT2D eigenvalue weighted by Gasteiger charge is 2.16. The van der Waals surface area contributed by atoms with Crippen LogP contribution >= 0.6 is 34.8 Å². The zero-order chi connectivity index (χ0) is 18.7. The summed E-state index contributed by atoms with van der Waals surface area (Å²) in [5.41, 5.74) is 0.738. The standard InChI is InChI=1S/C16H15Cl3N6O/c1-10(6-24-7-11(17)5-21-24)15(26)22-16-20-9-25(23-16)8-12-13(18)3-2-4-14(12)19/h2-5,7,9-10H,6,8H2,1H3,(H,22,23,26). The van der Waals surface area contributed by atoms with E-state index in [1.54, 1.807) is 40.7 Å². The summed E-state index contributed by atoms with van der Waals surface area (Å²) in [5.74, 6) is -0.343. The monoisotopic (exact) mass is 412 g/mol. The highest BCUT2D eigenvalue weighted by Crippen LogP contribution is 2.24. The highest BCUT2D eigenvalue weighted by atomic mass is 35.5. The second kappa shape index (κ2) is 8.07. The fourth-order valence-corrected chi connectivity index (χ4v) is 2.98. The molecule has 1 N–H and O–H groups in total. The van der Waals surface area contributed by atoms with Crippen molar-refractivity contribution in [1.82, 2.24) is 24.5 Å². The minimum atomic E-state index is -0.337. The first kappa shape index (κ1) is 18.7. The number of hydrogen-bond acceptors (Lipinski definition) is 4. The van der Waals surface area contributed by atoms with Gasteiger partial charge in [-0.2, -0.15) is 5.10 Å². The van der Waals surface area contributed by atoms with E-state index in [-0.39, 0.29) is 17.8 Å². The molecule has 1 aromatic carbocycles. The normalized spacial score (nSPS) is 12.2. The van der Waals surface area contributed by atoms with Crippen molar-refractivity contribution in [3.63, 3.8) is 0 Å². The molecule has 0 aliphatic heterocycles. The van der Waals surface area contributed by atoms with E-state index in [1.165, 1.54) is 12.5 Å². The van der Waals surface area contributed by atoms with Gasteiger partial charge in [-0.25, -0.2) is 9.67 Å². The van der Waals surface area contributed by atoms with E-state index in [4.69, 9.17) is 34.8 Å². The lowest BCUT2D eigenvalue weighted by Crippen LogP contribution is -2.25. The van der Waals surface area contributed by atoms with Gasteiger partial charge in [-0.1, -0.05) is 47.8 Å². The number of carbonyl (C=O) groups excluding carboxylic acids is 1. The Kier molecular flexibility index (Phi) is 5.80.